The van der Waals surface area contributed by atoms with Crippen LogP contribution in [0.5, 0.6) is 0 Å². The summed E-state index contributed by atoms with van der Waals surface area (Å²) in [6.07, 6.45) is 2.47. The molecule has 0 saturated heterocycles. The van der Waals surface area contributed by atoms with Gasteiger partial charge in [-0.05, 0) is 35.1 Å². The molecule has 1 aliphatic rings. The van der Waals surface area contributed by atoms with Crippen molar-refractivity contribution < 1.29 is 9.18 Å². The van der Waals surface area contributed by atoms with E-state index in [1.54, 1.807) is 17.1 Å². The predicted octanol–water partition coefficient (Wildman–Crippen LogP) is 3.59. The molecule has 1 fully saturated rings. The van der Waals surface area contributed by atoms with Crippen molar-refractivity contribution in [1.82, 2.24) is 25.4 Å². The van der Waals surface area contributed by atoms with E-state index in [0.717, 1.165) is 17.5 Å². The van der Waals surface area contributed by atoms with Crippen LogP contribution in [-0.2, 0) is 18.6 Å². The number of carbonyl (C=O) groups excluding carboxylic acids is 1. The van der Waals surface area contributed by atoms with E-state index >= 15 is 0 Å². The van der Waals surface area contributed by atoms with Gasteiger partial charge >= 0.3 is 6.03 Å². The number of carbonyl (C=O) groups is 1. The number of nitrogens with zero attached hydrogens (tertiary/aromatic N) is 3. The Morgan fingerprint density at radius 2 is 1.93 bits per heavy atom. The van der Waals surface area contributed by atoms with Gasteiger partial charge in [-0.3, -0.25) is 0 Å². The zero-order valence-corrected chi connectivity index (χ0v) is 16.5. The summed E-state index contributed by atoms with van der Waals surface area (Å²) in [5.41, 5.74) is 1.55. The Morgan fingerprint density at radius 1 is 1.17 bits per heavy atom. The zero-order valence-electron chi connectivity index (χ0n) is 16.5. The van der Waals surface area contributed by atoms with Crippen molar-refractivity contribution in [2.24, 2.45) is 5.41 Å². The third-order valence-corrected chi connectivity index (χ3v) is 5.56. The first kappa shape index (κ1) is 19.1. The number of rotatable bonds is 6. The molecule has 2 amide bonds. The third-order valence-electron chi connectivity index (χ3n) is 5.56. The molecule has 1 saturated carbocycles. The molecule has 0 spiro atoms. The van der Waals surface area contributed by atoms with Crippen LogP contribution in [0.3, 0.4) is 0 Å². The topological polar surface area (TPSA) is 71.8 Å². The van der Waals surface area contributed by atoms with E-state index in [0.29, 0.717) is 12.4 Å². The summed E-state index contributed by atoms with van der Waals surface area (Å²) in [4.78, 5) is 16.8. The lowest BCUT2D eigenvalue weighted by Crippen LogP contribution is -2.44. The van der Waals surface area contributed by atoms with Crippen molar-refractivity contribution in [2.45, 2.75) is 38.9 Å². The molecule has 2 N–H and O–H groups in total. The standard InChI is InChI=1S/C22H24FN5O/c1-21(2)14-22(21,17-8-4-3-5-9-17)26-20(29)24-12-19-25-15-28(27-19)13-16-7-6-10-18(23)11-16/h3-11,15H,12-14H2,1-2H3,(H2,24,26,29). The predicted molar refractivity (Wildman–Crippen MR) is 107 cm³/mol. The smallest absolute Gasteiger partial charge is 0.315 e. The van der Waals surface area contributed by atoms with Crippen molar-refractivity contribution >= 4 is 6.03 Å². The lowest BCUT2D eigenvalue weighted by Gasteiger charge is -2.23. The molecule has 0 aliphatic heterocycles. The normalized spacial score (nSPS) is 19.6. The summed E-state index contributed by atoms with van der Waals surface area (Å²) >= 11 is 0. The average Bonchev–Trinajstić information content (AvgIpc) is 3.01. The maximum absolute atomic E-state index is 13.3. The summed E-state index contributed by atoms with van der Waals surface area (Å²) < 4.78 is 14.9. The van der Waals surface area contributed by atoms with Gasteiger partial charge < -0.3 is 10.6 Å². The minimum absolute atomic E-state index is 0.00349. The largest absolute Gasteiger partial charge is 0.331 e. The SMILES string of the molecule is CC1(C)CC1(NC(=O)NCc1ncn(Cc2cccc(F)c2)n1)c1ccccc1. The number of hydrogen-bond donors (Lipinski definition) is 2. The number of nitrogens with one attached hydrogen (secondary N) is 2. The highest BCUT2D eigenvalue weighted by molar-refractivity contribution is 5.76. The minimum atomic E-state index is -0.359. The van der Waals surface area contributed by atoms with Gasteiger partial charge in [-0.2, -0.15) is 5.10 Å². The second-order valence-electron chi connectivity index (χ2n) is 8.13. The first-order valence-corrected chi connectivity index (χ1v) is 9.62. The van der Waals surface area contributed by atoms with E-state index in [1.807, 2.05) is 36.4 Å². The first-order valence-electron chi connectivity index (χ1n) is 9.62. The molecule has 7 heteroatoms. The second-order valence-corrected chi connectivity index (χ2v) is 8.13. The van der Waals surface area contributed by atoms with Crippen molar-refractivity contribution in [2.75, 3.05) is 0 Å². The summed E-state index contributed by atoms with van der Waals surface area (Å²) in [7, 11) is 0. The fourth-order valence-corrected chi connectivity index (χ4v) is 3.83. The molecule has 1 heterocycles. The highest BCUT2D eigenvalue weighted by Gasteiger charge is 2.63. The molecule has 29 heavy (non-hydrogen) atoms. The van der Waals surface area contributed by atoms with Gasteiger partial charge in [-0.15, -0.1) is 0 Å². The molecule has 1 aromatic heterocycles. The number of amides is 2. The molecule has 3 aromatic rings. The van der Waals surface area contributed by atoms with Crippen LogP contribution in [-0.4, -0.2) is 20.8 Å². The molecule has 4 rings (SSSR count). The number of benzene rings is 2. The lowest BCUT2D eigenvalue weighted by molar-refractivity contribution is 0.231. The van der Waals surface area contributed by atoms with Crippen LogP contribution in [0.2, 0.25) is 0 Å². The van der Waals surface area contributed by atoms with Gasteiger partial charge in [0.2, 0.25) is 0 Å². The summed E-state index contributed by atoms with van der Waals surface area (Å²) in [5, 5.41) is 10.3. The molecule has 6 nitrogen and oxygen atoms in total. The molecule has 0 bridgehead atoms. The molecular formula is C22H24FN5O. The van der Waals surface area contributed by atoms with Gasteiger partial charge in [-0.1, -0.05) is 56.3 Å². The van der Waals surface area contributed by atoms with E-state index in [1.165, 1.54) is 12.1 Å². The van der Waals surface area contributed by atoms with Crippen molar-refractivity contribution in [3.8, 4) is 0 Å². The van der Waals surface area contributed by atoms with Crippen LogP contribution in [0.15, 0.2) is 60.9 Å². The maximum Gasteiger partial charge on any atom is 0.315 e. The summed E-state index contributed by atoms with van der Waals surface area (Å²) in [5.74, 6) is 0.219. The van der Waals surface area contributed by atoms with Crippen LogP contribution < -0.4 is 10.6 Å². The molecule has 1 atom stereocenters. The van der Waals surface area contributed by atoms with E-state index < -0.39 is 0 Å². The van der Waals surface area contributed by atoms with Crippen molar-refractivity contribution in [3.05, 3.63) is 83.7 Å². The molecule has 0 radical (unpaired) electrons. The van der Waals surface area contributed by atoms with E-state index in [9.17, 15) is 9.18 Å². The highest BCUT2D eigenvalue weighted by Crippen LogP contribution is 2.62. The Bertz CT molecular complexity index is 1020. The fraction of sp³-hybridized carbons (Fsp3) is 0.318. The van der Waals surface area contributed by atoms with Gasteiger partial charge in [0.25, 0.3) is 0 Å². The van der Waals surface area contributed by atoms with E-state index in [-0.39, 0.29) is 29.3 Å². The molecule has 2 aromatic carbocycles. The summed E-state index contributed by atoms with van der Waals surface area (Å²) in [6, 6.07) is 16.2. The fourth-order valence-electron chi connectivity index (χ4n) is 3.83. The van der Waals surface area contributed by atoms with Crippen LogP contribution in [0.4, 0.5) is 9.18 Å². The Balaban J connectivity index is 1.35. The van der Waals surface area contributed by atoms with Crippen LogP contribution in [0, 0.1) is 11.2 Å². The van der Waals surface area contributed by atoms with E-state index in [4.69, 9.17) is 0 Å². The van der Waals surface area contributed by atoms with Gasteiger partial charge in [0.05, 0.1) is 18.6 Å². The Morgan fingerprint density at radius 3 is 2.62 bits per heavy atom. The van der Waals surface area contributed by atoms with Crippen LogP contribution in [0.25, 0.3) is 0 Å². The Labute approximate surface area is 169 Å². The number of aromatic nitrogens is 3. The lowest BCUT2D eigenvalue weighted by atomic mass is 9.96. The Kier molecular flexibility index (Phi) is 4.82. The maximum atomic E-state index is 13.3. The monoisotopic (exact) mass is 393 g/mol. The molecule has 150 valence electrons. The van der Waals surface area contributed by atoms with Crippen molar-refractivity contribution in [1.29, 1.82) is 0 Å². The van der Waals surface area contributed by atoms with Crippen molar-refractivity contribution in [3.63, 3.8) is 0 Å². The molecular weight excluding hydrogens is 369 g/mol. The van der Waals surface area contributed by atoms with Gasteiger partial charge in [0.15, 0.2) is 5.82 Å². The number of hydrogen-bond acceptors (Lipinski definition) is 3. The van der Waals surface area contributed by atoms with E-state index in [2.05, 4.69) is 34.6 Å². The molecule has 1 aliphatic carbocycles. The van der Waals surface area contributed by atoms with Crippen LogP contribution in [0.1, 0.15) is 37.2 Å². The van der Waals surface area contributed by atoms with Crippen LogP contribution >= 0.6 is 0 Å². The molecule has 1 unspecified atom stereocenters. The third kappa shape index (κ3) is 3.99. The number of urea groups is 1. The first-order chi connectivity index (χ1) is 13.9. The van der Waals surface area contributed by atoms with Gasteiger partial charge in [0.1, 0.15) is 12.1 Å². The quantitative estimate of drug-likeness (QED) is 0.672. The number of halogens is 1. The van der Waals surface area contributed by atoms with Gasteiger partial charge in [0, 0.05) is 0 Å². The Hall–Kier alpha value is -3.22. The minimum Gasteiger partial charge on any atom is -0.331 e. The summed E-state index contributed by atoms with van der Waals surface area (Å²) in [6.45, 7) is 4.93. The second kappa shape index (κ2) is 7.31. The average molecular weight is 393 g/mol. The van der Waals surface area contributed by atoms with Gasteiger partial charge in [-0.25, -0.2) is 18.9 Å². The zero-order chi connectivity index (χ0) is 20.5. The highest BCUT2D eigenvalue weighted by atomic mass is 19.1.